The van der Waals surface area contributed by atoms with Gasteiger partial charge in [0.25, 0.3) is 0 Å². The summed E-state index contributed by atoms with van der Waals surface area (Å²) in [5, 5.41) is 10.6. The van der Waals surface area contributed by atoms with Crippen molar-refractivity contribution in [2.24, 2.45) is 0 Å². The van der Waals surface area contributed by atoms with Gasteiger partial charge >= 0.3 is 5.69 Å². The number of para-hydroxylation sites is 1. The van der Waals surface area contributed by atoms with Crippen LogP contribution >= 0.6 is 0 Å². The number of benzene rings is 1. The second-order valence-corrected chi connectivity index (χ2v) is 3.12. The van der Waals surface area contributed by atoms with Gasteiger partial charge in [-0.2, -0.15) is 4.39 Å². The van der Waals surface area contributed by atoms with E-state index in [1.165, 1.54) is 12.1 Å². The first kappa shape index (κ1) is 12.2. The van der Waals surface area contributed by atoms with E-state index in [-0.39, 0.29) is 5.75 Å². The van der Waals surface area contributed by atoms with E-state index in [9.17, 15) is 14.5 Å². The Morgan fingerprint density at radius 2 is 2.31 bits per heavy atom. The minimum atomic E-state index is -0.883. The average Bonchev–Trinajstić information content (AvgIpc) is 2.24. The molecule has 0 bridgehead atoms. The molecule has 0 aliphatic rings. The molecule has 16 heavy (non-hydrogen) atoms. The first-order valence-corrected chi connectivity index (χ1v) is 4.83. The van der Waals surface area contributed by atoms with Crippen LogP contribution in [0.3, 0.4) is 0 Å². The van der Waals surface area contributed by atoms with Crippen molar-refractivity contribution in [3.05, 3.63) is 46.8 Å². The topological polar surface area (TPSA) is 52.4 Å². The van der Waals surface area contributed by atoms with E-state index in [2.05, 4.69) is 6.58 Å². The van der Waals surface area contributed by atoms with Crippen LogP contribution in [-0.4, -0.2) is 11.5 Å². The van der Waals surface area contributed by atoms with E-state index in [0.29, 0.717) is 13.0 Å². The highest BCUT2D eigenvalue weighted by atomic mass is 19.1. The number of hydrogen-bond acceptors (Lipinski definition) is 3. The summed E-state index contributed by atoms with van der Waals surface area (Å²) in [6.45, 7) is 3.84. The largest absolute Gasteiger partial charge is 0.487 e. The highest BCUT2D eigenvalue weighted by molar-refractivity contribution is 5.47. The van der Waals surface area contributed by atoms with Crippen LogP contribution in [0.1, 0.15) is 12.8 Å². The smallest absolute Gasteiger partial charge is 0.346 e. The average molecular weight is 225 g/mol. The first-order chi connectivity index (χ1) is 7.66. The van der Waals surface area contributed by atoms with Gasteiger partial charge in [-0.3, -0.25) is 10.1 Å². The third-order valence-electron chi connectivity index (χ3n) is 1.94. The molecule has 0 aliphatic carbocycles. The summed E-state index contributed by atoms with van der Waals surface area (Å²) in [6.07, 6.45) is 3.17. The highest BCUT2D eigenvalue weighted by Crippen LogP contribution is 2.29. The maximum atomic E-state index is 13.1. The second kappa shape index (κ2) is 5.85. The number of nitro benzene ring substituents is 1. The molecule has 0 saturated heterocycles. The summed E-state index contributed by atoms with van der Waals surface area (Å²) in [7, 11) is 0. The van der Waals surface area contributed by atoms with Crippen molar-refractivity contribution in [1.82, 2.24) is 0 Å². The molecule has 1 aromatic carbocycles. The van der Waals surface area contributed by atoms with Gasteiger partial charge in [-0.1, -0.05) is 12.1 Å². The number of nitro groups is 1. The van der Waals surface area contributed by atoms with Crippen LogP contribution in [0.5, 0.6) is 5.75 Å². The molecular formula is C11H12FNO3. The molecule has 4 nitrogen and oxygen atoms in total. The van der Waals surface area contributed by atoms with E-state index in [4.69, 9.17) is 4.74 Å². The predicted octanol–water partition coefficient (Wildman–Crippen LogP) is 3.08. The fourth-order valence-electron chi connectivity index (χ4n) is 1.20. The number of unbranched alkanes of at least 4 members (excludes halogenated alkanes) is 1. The Morgan fingerprint density at radius 3 is 2.94 bits per heavy atom. The minimum absolute atomic E-state index is 0.0333. The number of allylic oxidation sites excluding steroid dienone is 1. The molecule has 0 atom stereocenters. The van der Waals surface area contributed by atoms with Crippen molar-refractivity contribution >= 4 is 5.69 Å². The summed E-state index contributed by atoms with van der Waals surface area (Å²) in [6, 6.07) is 3.80. The number of halogens is 1. The van der Waals surface area contributed by atoms with Gasteiger partial charge in [0.2, 0.25) is 5.82 Å². The Hall–Kier alpha value is -1.91. The molecule has 0 aliphatic heterocycles. The molecule has 0 amide bonds. The lowest BCUT2D eigenvalue weighted by atomic mass is 10.3. The molecule has 5 heteroatoms. The lowest BCUT2D eigenvalue weighted by molar-refractivity contribution is -0.388. The third kappa shape index (κ3) is 3.05. The molecule has 86 valence electrons. The zero-order valence-corrected chi connectivity index (χ0v) is 8.69. The Kier molecular flexibility index (Phi) is 4.44. The van der Waals surface area contributed by atoms with Crippen LogP contribution in [0.25, 0.3) is 0 Å². The van der Waals surface area contributed by atoms with Crippen molar-refractivity contribution in [1.29, 1.82) is 0 Å². The number of ether oxygens (including phenoxy) is 1. The van der Waals surface area contributed by atoms with Gasteiger partial charge in [-0.05, 0) is 25.0 Å². The van der Waals surface area contributed by atoms with Gasteiger partial charge in [0.05, 0.1) is 11.5 Å². The van der Waals surface area contributed by atoms with Crippen molar-refractivity contribution in [3.63, 3.8) is 0 Å². The lowest BCUT2D eigenvalue weighted by Crippen LogP contribution is -2.01. The van der Waals surface area contributed by atoms with Crippen LogP contribution < -0.4 is 4.74 Å². The van der Waals surface area contributed by atoms with Gasteiger partial charge in [0, 0.05) is 0 Å². The molecule has 0 radical (unpaired) electrons. The number of nitrogens with zero attached hydrogens (tertiary/aromatic N) is 1. The summed E-state index contributed by atoms with van der Waals surface area (Å²) >= 11 is 0. The van der Waals surface area contributed by atoms with E-state index >= 15 is 0 Å². The van der Waals surface area contributed by atoms with E-state index < -0.39 is 16.4 Å². The van der Waals surface area contributed by atoms with E-state index in [0.717, 1.165) is 12.5 Å². The van der Waals surface area contributed by atoms with Crippen molar-refractivity contribution in [3.8, 4) is 5.75 Å². The summed E-state index contributed by atoms with van der Waals surface area (Å²) in [5.74, 6) is -0.916. The van der Waals surface area contributed by atoms with Crippen molar-refractivity contribution in [2.75, 3.05) is 6.61 Å². The molecule has 0 unspecified atom stereocenters. The zero-order chi connectivity index (χ0) is 12.0. The second-order valence-electron chi connectivity index (χ2n) is 3.12. The van der Waals surface area contributed by atoms with Crippen LogP contribution in [0.2, 0.25) is 0 Å². The number of rotatable bonds is 6. The van der Waals surface area contributed by atoms with Gasteiger partial charge in [-0.15, -0.1) is 6.58 Å². The Labute approximate surface area is 92.5 Å². The van der Waals surface area contributed by atoms with E-state index in [1.54, 1.807) is 6.08 Å². The quantitative estimate of drug-likeness (QED) is 0.323. The number of hydrogen-bond donors (Lipinski definition) is 0. The summed E-state index contributed by atoms with van der Waals surface area (Å²) in [4.78, 5) is 9.82. The Morgan fingerprint density at radius 1 is 1.56 bits per heavy atom. The van der Waals surface area contributed by atoms with Crippen LogP contribution in [0.15, 0.2) is 30.9 Å². The van der Waals surface area contributed by atoms with Crippen molar-refractivity contribution < 1.29 is 14.1 Å². The van der Waals surface area contributed by atoms with E-state index in [1.807, 2.05) is 0 Å². The SMILES string of the molecule is C=CCCCOc1cccc(F)c1[N+](=O)[O-]. The molecule has 0 saturated carbocycles. The zero-order valence-electron chi connectivity index (χ0n) is 8.69. The summed E-state index contributed by atoms with van der Waals surface area (Å²) in [5.41, 5.74) is -0.610. The maximum Gasteiger partial charge on any atom is 0.346 e. The molecular weight excluding hydrogens is 213 g/mol. The normalized spacial score (nSPS) is 9.81. The van der Waals surface area contributed by atoms with Gasteiger partial charge < -0.3 is 4.74 Å². The molecule has 0 N–H and O–H groups in total. The monoisotopic (exact) mass is 225 g/mol. The summed E-state index contributed by atoms with van der Waals surface area (Å²) < 4.78 is 18.3. The van der Waals surface area contributed by atoms with Crippen molar-refractivity contribution in [2.45, 2.75) is 12.8 Å². The van der Waals surface area contributed by atoms with Gasteiger partial charge in [0.15, 0.2) is 5.75 Å². The van der Waals surface area contributed by atoms with Crippen LogP contribution in [0, 0.1) is 15.9 Å². The minimum Gasteiger partial charge on any atom is -0.487 e. The molecule has 0 aromatic heterocycles. The molecule has 0 heterocycles. The maximum absolute atomic E-state index is 13.1. The molecule has 1 rings (SSSR count). The molecule has 1 aromatic rings. The Balaban J connectivity index is 2.75. The van der Waals surface area contributed by atoms with Gasteiger partial charge in [-0.25, -0.2) is 0 Å². The van der Waals surface area contributed by atoms with Crippen LogP contribution in [0.4, 0.5) is 10.1 Å². The highest BCUT2D eigenvalue weighted by Gasteiger charge is 2.20. The first-order valence-electron chi connectivity index (χ1n) is 4.83. The Bertz CT molecular complexity index is 393. The fraction of sp³-hybridized carbons (Fsp3) is 0.273. The molecule has 0 spiro atoms. The standard InChI is InChI=1S/C11H12FNO3/c1-2-3-4-8-16-10-7-5-6-9(12)11(10)13(14)15/h2,5-7H,1,3-4,8H2. The third-order valence-corrected chi connectivity index (χ3v) is 1.94. The fourth-order valence-corrected chi connectivity index (χ4v) is 1.20. The van der Waals surface area contributed by atoms with Crippen LogP contribution in [-0.2, 0) is 0 Å². The molecule has 0 fully saturated rings. The predicted molar refractivity (Wildman–Crippen MR) is 58.0 cm³/mol. The van der Waals surface area contributed by atoms with Gasteiger partial charge in [0.1, 0.15) is 0 Å². The lowest BCUT2D eigenvalue weighted by Gasteiger charge is -2.05.